The molecule has 1 aromatic carbocycles. The van der Waals surface area contributed by atoms with Gasteiger partial charge in [0.25, 0.3) is 5.56 Å². The van der Waals surface area contributed by atoms with Crippen LogP contribution in [0.5, 0.6) is 0 Å². The zero-order chi connectivity index (χ0) is 14.7. The van der Waals surface area contributed by atoms with Gasteiger partial charge in [-0.2, -0.15) is 0 Å². The van der Waals surface area contributed by atoms with Crippen LogP contribution in [0, 0.1) is 11.6 Å². The third kappa shape index (κ3) is 3.07. The SMILES string of the molecule is O=C(Nc1cc(F)ccc1F)Nc1c[nH]c(=O)[nH]c1=O. The second-order valence-electron chi connectivity index (χ2n) is 3.69. The Morgan fingerprint density at radius 3 is 2.50 bits per heavy atom. The molecule has 7 nitrogen and oxygen atoms in total. The van der Waals surface area contributed by atoms with Gasteiger partial charge < -0.3 is 15.6 Å². The van der Waals surface area contributed by atoms with Crippen LogP contribution in [-0.2, 0) is 0 Å². The van der Waals surface area contributed by atoms with Crippen LogP contribution in [0.15, 0.2) is 34.0 Å². The minimum atomic E-state index is -0.966. The van der Waals surface area contributed by atoms with E-state index in [1.807, 2.05) is 10.3 Å². The van der Waals surface area contributed by atoms with Crippen molar-refractivity contribution in [2.24, 2.45) is 0 Å². The molecule has 2 amide bonds. The summed E-state index contributed by atoms with van der Waals surface area (Å²) in [6.45, 7) is 0. The minimum absolute atomic E-state index is 0.251. The number of aromatic amines is 2. The number of halogens is 2. The molecule has 1 aromatic heterocycles. The first-order valence-corrected chi connectivity index (χ1v) is 5.31. The van der Waals surface area contributed by atoms with Crippen molar-refractivity contribution in [3.63, 3.8) is 0 Å². The lowest BCUT2D eigenvalue weighted by Crippen LogP contribution is -2.28. The Bertz CT molecular complexity index is 769. The van der Waals surface area contributed by atoms with E-state index in [0.717, 1.165) is 24.4 Å². The predicted octanol–water partition coefficient (Wildman–Crippen LogP) is 0.985. The van der Waals surface area contributed by atoms with Crippen LogP contribution in [0.25, 0.3) is 0 Å². The number of aromatic nitrogens is 2. The van der Waals surface area contributed by atoms with E-state index in [9.17, 15) is 23.2 Å². The summed E-state index contributed by atoms with van der Waals surface area (Å²) in [6, 6.07) is 1.56. The molecular weight excluding hydrogens is 274 g/mol. The molecule has 0 fully saturated rings. The van der Waals surface area contributed by atoms with Crippen LogP contribution in [0.2, 0.25) is 0 Å². The molecule has 0 atom stereocenters. The third-order valence-electron chi connectivity index (χ3n) is 2.24. The van der Waals surface area contributed by atoms with Crippen molar-refractivity contribution < 1.29 is 13.6 Å². The fourth-order valence-corrected chi connectivity index (χ4v) is 1.37. The zero-order valence-electron chi connectivity index (χ0n) is 9.79. The molecule has 0 bridgehead atoms. The summed E-state index contributed by atoms with van der Waals surface area (Å²) in [4.78, 5) is 37.6. The normalized spacial score (nSPS) is 10.1. The van der Waals surface area contributed by atoms with E-state index >= 15 is 0 Å². The lowest BCUT2D eigenvalue weighted by molar-refractivity contribution is 0.262. The van der Waals surface area contributed by atoms with Gasteiger partial charge in [0.15, 0.2) is 0 Å². The Morgan fingerprint density at radius 1 is 1.10 bits per heavy atom. The van der Waals surface area contributed by atoms with Crippen molar-refractivity contribution in [3.05, 3.63) is 56.9 Å². The fourth-order valence-electron chi connectivity index (χ4n) is 1.37. The van der Waals surface area contributed by atoms with Crippen LogP contribution in [-0.4, -0.2) is 16.0 Å². The molecule has 2 rings (SSSR count). The molecule has 0 unspecified atom stereocenters. The zero-order valence-corrected chi connectivity index (χ0v) is 9.79. The topological polar surface area (TPSA) is 107 Å². The van der Waals surface area contributed by atoms with E-state index in [4.69, 9.17) is 0 Å². The maximum Gasteiger partial charge on any atom is 0.325 e. The van der Waals surface area contributed by atoms with Crippen molar-refractivity contribution in [2.45, 2.75) is 0 Å². The Balaban J connectivity index is 2.15. The van der Waals surface area contributed by atoms with Gasteiger partial charge in [-0.15, -0.1) is 0 Å². The number of nitrogens with one attached hydrogen (secondary N) is 4. The quantitative estimate of drug-likeness (QED) is 0.659. The number of benzene rings is 1. The van der Waals surface area contributed by atoms with Gasteiger partial charge in [-0.1, -0.05) is 0 Å². The molecule has 20 heavy (non-hydrogen) atoms. The van der Waals surface area contributed by atoms with Crippen molar-refractivity contribution in [1.82, 2.24) is 9.97 Å². The van der Waals surface area contributed by atoms with Gasteiger partial charge in [0.1, 0.15) is 17.3 Å². The maximum absolute atomic E-state index is 13.3. The van der Waals surface area contributed by atoms with Gasteiger partial charge in [0.2, 0.25) is 0 Å². The van der Waals surface area contributed by atoms with E-state index in [2.05, 4.69) is 10.3 Å². The highest BCUT2D eigenvalue weighted by molar-refractivity contribution is 5.99. The van der Waals surface area contributed by atoms with Crippen LogP contribution in [0.4, 0.5) is 25.0 Å². The standard InChI is InChI=1S/C11H8F2N4O3/c12-5-1-2-6(13)7(3-5)15-11(20)16-8-4-14-10(19)17-9(8)18/h1-4H,(H2,15,16,20)(H2,14,17,18,19). The third-order valence-corrected chi connectivity index (χ3v) is 2.24. The van der Waals surface area contributed by atoms with Gasteiger partial charge in [-0.05, 0) is 12.1 Å². The number of carbonyl (C=O) groups is 1. The molecule has 0 radical (unpaired) electrons. The average Bonchev–Trinajstić information content (AvgIpc) is 2.37. The monoisotopic (exact) mass is 282 g/mol. The highest BCUT2D eigenvalue weighted by atomic mass is 19.1. The summed E-state index contributed by atoms with van der Waals surface area (Å²) < 4.78 is 26.2. The van der Waals surface area contributed by atoms with Crippen molar-refractivity contribution >= 4 is 17.4 Å². The lowest BCUT2D eigenvalue weighted by atomic mass is 10.3. The second-order valence-corrected chi connectivity index (χ2v) is 3.69. The van der Waals surface area contributed by atoms with Crippen LogP contribution in [0.3, 0.4) is 0 Å². The molecule has 9 heteroatoms. The molecule has 4 N–H and O–H groups in total. The van der Waals surface area contributed by atoms with Gasteiger partial charge >= 0.3 is 11.7 Å². The summed E-state index contributed by atoms with van der Waals surface area (Å²) in [5.74, 6) is -1.57. The lowest BCUT2D eigenvalue weighted by Gasteiger charge is -2.07. The Labute approximate surface area is 109 Å². The van der Waals surface area contributed by atoms with Crippen LogP contribution < -0.4 is 21.9 Å². The number of carbonyl (C=O) groups excluding carboxylic acids is 1. The fraction of sp³-hybridized carbons (Fsp3) is 0. The smallest absolute Gasteiger partial charge is 0.312 e. The van der Waals surface area contributed by atoms with Crippen molar-refractivity contribution in [1.29, 1.82) is 0 Å². The minimum Gasteiger partial charge on any atom is -0.312 e. The van der Waals surface area contributed by atoms with Crippen molar-refractivity contribution in [3.8, 4) is 0 Å². The number of hydrogen-bond donors (Lipinski definition) is 4. The molecule has 0 aliphatic carbocycles. The molecule has 0 saturated carbocycles. The molecule has 2 aromatic rings. The molecule has 0 aliphatic heterocycles. The summed E-state index contributed by atoms with van der Waals surface area (Å²) in [7, 11) is 0. The maximum atomic E-state index is 13.3. The molecule has 0 spiro atoms. The van der Waals surface area contributed by atoms with Gasteiger partial charge in [-0.25, -0.2) is 18.4 Å². The van der Waals surface area contributed by atoms with Crippen LogP contribution in [0.1, 0.15) is 0 Å². The molecule has 104 valence electrons. The number of amides is 2. The van der Waals surface area contributed by atoms with Crippen LogP contribution >= 0.6 is 0 Å². The number of rotatable bonds is 2. The second kappa shape index (κ2) is 5.34. The van der Waals surface area contributed by atoms with Gasteiger partial charge in [0.05, 0.1) is 5.69 Å². The predicted molar refractivity (Wildman–Crippen MR) is 66.7 cm³/mol. The van der Waals surface area contributed by atoms with E-state index in [1.54, 1.807) is 0 Å². The van der Waals surface area contributed by atoms with E-state index in [0.29, 0.717) is 0 Å². The molecule has 0 saturated heterocycles. The van der Waals surface area contributed by atoms with Crippen molar-refractivity contribution in [2.75, 3.05) is 10.6 Å². The largest absolute Gasteiger partial charge is 0.325 e. The molecule has 1 heterocycles. The highest BCUT2D eigenvalue weighted by Gasteiger charge is 2.10. The summed E-state index contributed by atoms with van der Waals surface area (Å²) in [5, 5.41) is 4.11. The first kappa shape index (κ1) is 13.5. The first-order valence-electron chi connectivity index (χ1n) is 5.31. The molecular formula is C11H8F2N4O3. The van der Waals surface area contributed by atoms with E-state index < -0.39 is 28.9 Å². The van der Waals surface area contributed by atoms with E-state index in [1.165, 1.54) is 0 Å². The average molecular weight is 282 g/mol. The first-order chi connectivity index (χ1) is 9.45. The van der Waals surface area contributed by atoms with E-state index in [-0.39, 0.29) is 11.4 Å². The summed E-state index contributed by atoms with van der Waals surface area (Å²) >= 11 is 0. The number of urea groups is 1. The van der Waals surface area contributed by atoms with Gasteiger partial charge in [0, 0.05) is 12.3 Å². The Morgan fingerprint density at radius 2 is 1.80 bits per heavy atom. The number of hydrogen-bond acceptors (Lipinski definition) is 3. The number of H-pyrrole nitrogens is 2. The summed E-state index contributed by atoms with van der Waals surface area (Å²) in [5.41, 5.74) is -2.21. The Hall–Kier alpha value is -2.97. The highest BCUT2D eigenvalue weighted by Crippen LogP contribution is 2.15. The van der Waals surface area contributed by atoms with Gasteiger partial charge in [-0.3, -0.25) is 9.78 Å². The number of anilines is 2. The molecule has 0 aliphatic rings. The summed E-state index contributed by atoms with van der Waals surface area (Å²) in [6.07, 6.45) is 0.975. The Kier molecular flexibility index (Phi) is 3.60.